The molecule has 16 heavy (non-hydrogen) atoms. The number of rotatable bonds is 7. The topological polar surface area (TPSA) is 33.3 Å². The molecule has 1 saturated carbocycles. The zero-order chi connectivity index (χ0) is 11.2. The molecule has 0 amide bonds. The van der Waals surface area contributed by atoms with Crippen molar-refractivity contribution in [1.82, 2.24) is 10.6 Å². The molecule has 0 bridgehead atoms. The Labute approximate surface area is 99.3 Å². The van der Waals surface area contributed by atoms with Gasteiger partial charge in [-0.2, -0.15) is 0 Å². The van der Waals surface area contributed by atoms with Crippen molar-refractivity contribution < 1.29 is 4.74 Å². The monoisotopic (exact) mass is 226 g/mol. The zero-order valence-electron chi connectivity index (χ0n) is 10.5. The van der Waals surface area contributed by atoms with E-state index in [0.717, 1.165) is 25.7 Å². The van der Waals surface area contributed by atoms with Gasteiger partial charge in [-0.25, -0.2) is 0 Å². The van der Waals surface area contributed by atoms with Crippen molar-refractivity contribution in [3.05, 3.63) is 0 Å². The lowest BCUT2D eigenvalue weighted by atomic mass is 10.1. The normalized spacial score (nSPS) is 27.9. The van der Waals surface area contributed by atoms with Gasteiger partial charge >= 0.3 is 0 Å². The standard InChI is InChI=1S/C13H26N2O/c1-11(9-13-10-16-8-7-15-13)14-6-2-3-12-4-5-12/h11-15H,2-10H2,1H3. The average molecular weight is 226 g/mol. The van der Waals surface area contributed by atoms with Crippen LogP contribution >= 0.6 is 0 Å². The molecule has 2 fully saturated rings. The molecule has 3 nitrogen and oxygen atoms in total. The van der Waals surface area contributed by atoms with Crippen LogP contribution in [0, 0.1) is 5.92 Å². The van der Waals surface area contributed by atoms with Gasteiger partial charge in [0, 0.05) is 18.6 Å². The first-order valence-electron chi connectivity index (χ1n) is 6.89. The Morgan fingerprint density at radius 3 is 3.00 bits per heavy atom. The van der Waals surface area contributed by atoms with E-state index in [1.807, 2.05) is 0 Å². The highest BCUT2D eigenvalue weighted by Gasteiger charge is 2.20. The number of hydrogen-bond acceptors (Lipinski definition) is 3. The number of ether oxygens (including phenoxy) is 1. The summed E-state index contributed by atoms with van der Waals surface area (Å²) in [6.45, 7) is 6.24. The first kappa shape index (κ1) is 12.3. The molecule has 94 valence electrons. The maximum Gasteiger partial charge on any atom is 0.0620 e. The van der Waals surface area contributed by atoms with Crippen molar-refractivity contribution in [3.8, 4) is 0 Å². The number of morpholine rings is 1. The van der Waals surface area contributed by atoms with E-state index < -0.39 is 0 Å². The molecule has 0 radical (unpaired) electrons. The van der Waals surface area contributed by atoms with Crippen LogP contribution in [0.4, 0.5) is 0 Å². The van der Waals surface area contributed by atoms with E-state index in [9.17, 15) is 0 Å². The molecule has 0 aromatic rings. The minimum Gasteiger partial charge on any atom is -0.379 e. The van der Waals surface area contributed by atoms with E-state index in [0.29, 0.717) is 12.1 Å². The first-order valence-corrected chi connectivity index (χ1v) is 6.89. The van der Waals surface area contributed by atoms with E-state index in [1.165, 1.54) is 38.6 Å². The smallest absolute Gasteiger partial charge is 0.0620 e. The highest BCUT2D eigenvalue weighted by Crippen LogP contribution is 2.33. The molecule has 2 N–H and O–H groups in total. The molecule has 1 aliphatic heterocycles. The van der Waals surface area contributed by atoms with Crippen LogP contribution in [-0.2, 0) is 4.74 Å². The SMILES string of the molecule is CC(CC1COCCN1)NCCCC1CC1. The molecule has 2 rings (SSSR count). The van der Waals surface area contributed by atoms with Gasteiger partial charge in [-0.15, -0.1) is 0 Å². The summed E-state index contributed by atoms with van der Waals surface area (Å²) in [5, 5.41) is 7.12. The van der Waals surface area contributed by atoms with Crippen molar-refractivity contribution >= 4 is 0 Å². The lowest BCUT2D eigenvalue weighted by Crippen LogP contribution is -2.45. The van der Waals surface area contributed by atoms with Gasteiger partial charge < -0.3 is 15.4 Å². The lowest BCUT2D eigenvalue weighted by molar-refractivity contribution is 0.0712. The summed E-state index contributed by atoms with van der Waals surface area (Å²) in [6, 6.07) is 1.16. The van der Waals surface area contributed by atoms with Gasteiger partial charge in [0.05, 0.1) is 13.2 Å². The highest BCUT2D eigenvalue weighted by molar-refractivity contribution is 4.77. The van der Waals surface area contributed by atoms with E-state index >= 15 is 0 Å². The summed E-state index contributed by atoms with van der Waals surface area (Å²) in [6.07, 6.45) is 6.94. The van der Waals surface area contributed by atoms with Gasteiger partial charge in [0.15, 0.2) is 0 Å². The van der Waals surface area contributed by atoms with Crippen LogP contribution in [0.2, 0.25) is 0 Å². The lowest BCUT2D eigenvalue weighted by Gasteiger charge is -2.26. The molecule has 1 aliphatic carbocycles. The highest BCUT2D eigenvalue weighted by atomic mass is 16.5. The Balaban J connectivity index is 1.47. The molecule has 1 saturated heterocycles. The van der Waals surface area contributed by atoms with Gasteiger partial charge in [-0.05, 0) is 38.6 Å². The number of nitrogens with one attached hydrogen (secondary N) is 2. The maximum atomic E-state index is 5.46. The minimum absolute atomic E-state index is 0.555. The van der Waals surface area contributed by atoms with Crippen molar-refractivity contribution in [2.75, 3.05) is 26.3 Å². The Hall–Kier alpha value is -0.120. The second-order valence-corrected chi connectivity index (χ2v) is 5.40. The van der Waals surface area contributed by atoms with Gasteiger partial charge in [0.2, 0.25) is 0 Å². The predicted molar refractivity (Wildman–Crippen MR) is 66.6 cm³/mol. The maximum absolute atomic E-state index is 5.46. The van der Waals surface area contributed by atoms with E-state index in [1.54, 1.807) is 0 Å². The van der Waals surface area contributed by atoms with Crippen LogP contribution in [0.25, 0.3) is 0 Å². The summed E-state index contributed by atoms with van der Waals surface area (Å²) in [7, 11) is 0. The zero-order valence-corrected chi connectivity index (χ0v) is 10.5. The van der Waals surface area contributed by atoms with E-state index in [4.69, 9.17) is 4.74 Å². The summed E-state index contributed by atoms with van der Waals surface area (Å²) >= 11 is 0. The van der Waals surface area contributed by atoms with Crippen LogP contribution in [0.3, 0.4) is 0 Å². The third-order valence-corrected chi connectivity index (χ3v) is 3.62. The molecule has 0 aromatic carbocycles. The van der Waals surface area contributed by atoms with Crippen LogP contribution in [0.15, 0.2) is 0 Å². The fraction of sp³-hybridized carbons (Fsp3) is 1.00. The third kappa shape index (κ3) is 4.81. The second kappa shape index (κ2) is 6.58. The molecule has 2 atom stereocenters. The van der Waals surface area contributed by atoms with Gasteiger partial charge in [0.1, 0.15) is 0 Å². The van der Waals surface area contributed by atoms with Crippen molar-refractivity contribution in [2.24, 2.45) is 5.92 Å². The van der Waals surface area contributed by atoms with Crippen LogP contribution in [0.1, 0.15) is 39.0 Å². The average Bonchev–Trinajstić information content (AvgIpc) is 3.10. The van der Waals surface area contributed by atoms with Gasteiger partial charge in [-0.1, -0.05) is 12.8 Å². The van der Waals surface area contributed by atoms with Crippen LogP contribution in [-0.4, -0.2) is 38.4 Å². The fourth-order valence-electron chi connectivity index (χ4n) is 2.43. The van der Waals surface area contributed by atoms with Crippen molar-refractivity contribution in [1.29, 1.82) is 0 Å². The molecular formula is C13H26N2O. The van der Waals surface area contributed by atoms with Crippen LogP contribution in [0.5, 0.6) is 0 Å². The predicted octanol–water partition coefficient (Wildman–Crippen LogP) is 1.53. The summed E-state index contributed by atoms with van der Waals surface area (Å²) < 4.78 is 5.46. The summed E-state index contributed by atoms with van der Waals surface area (Å²) in [5.41, 5.74) is 0. The fourth-order valence-corrected chi connectivity index (χ4v) is 2.43. The first-order chi connectivity index (χ1) is 7.84. The Kier molecular flexibility index (Phi) is 5.07. The van der Waals surface area contributed by atoms with Crippen molar-refractivity contribution in [3.63, 3.8) is 0 Å². The summed E-state index contributed by atoms with van der Waals surface area (Å²) in [5.74, 6) is 1.07. The summed E-state index contributed by atoms with van der Waals surface area (Å²) in [4.78, 5) is 0. The van der Waals surface area contributed by atoms with Gasteiger partial charge in [-0.3, -0.25) is 0 Å². The quantitative estimate of drug-likeness (QED) is 0.646. The molecule has 0 spiro atoms. The molecule has 1 heterocycles. The van der Waals surface area contributed by atoms with Crippen molar-refractivity contribution in [2.45, 2.75) is 51.1 Å². The molecule has 0 aromatic heterocycles. The molecule has 2 unspecified atom stereocenters. The molecule has 2 aliphatic rings. The van der Waals surface area contributed by atoms with Gasteiger partial charge in [0.25, 0.3) is 0 Å². The second-order valence-electron chi connectivity index (χ2n) is 5.40. The Morgan fingerprint density at radius 1 is 1.44 bits per heavy atom. The Bertz CT molecular complexity index is 188. The van der Waals surface area contributed by atoms with Crippen LogP contribution < -0.4 is 10.6 Å². The molecule has 3 heteroatoms. The molecular weight excluding hydrogens is 200 g/mol. The largest absolute Gasteiger partial charge is 0.379 e. The van der Waals surface area contributed by atoms with E-state index in [-0.39, 0.29) is 0 Å². The number of hydrogen-bond donors (Lipinski definition) is 2. The third-order valence-electron chi connectivity index (χ3n) is 3.62. The van der Waals surface area contributed by atoms with E-state index in [2.05, 4.69) is 17.6 Å². The Morgan fingerprint density at radius 2 is 2.31 bits per heavy atom. The minimum atomic E-state index is 0.555.